The third-order valence-electron chi connectivity index (χ3n) is 10.7. The minimum Gasteiger partial charge on any atom is -1.00 e. The molecule has 0 aliphatic carbocycles. The topological polar surface area (TPSA) is 18.8 Å². The molecular formula is C37H60BN3Na. The number of benzene rings is 2. The molecule has 0 spiro atoms. The van der Waals surface area contributed by atoms with Crippen molar-refractivity contribution in [1.82, 2.24) is 9.80 Å². The van der Waals surface area contributed by atoms with Gasteiger partial charge in [0.25, 0.3) is 0 Å². The van der Waals surface area contributed by atoms with Crippen LogP contribution >= 0.6 is 0 Å². The number of hydrogen-bond donors (Lipinski definition) is 0. The first kappa shape index (κ1) is 39.1. The van der Waals surface area contributed by atoms with E-state index in [1.165, 1.54) is 75.1 Å². The van der Waals surface area contributed by atoms with Gasteiger partial charge in [-0.25, -0.2) is 0 Å². The van der Waals surface area contributed by atoms with Crippen LogP contribution in [0.5, 0.6) is 0 Å². The Balaban J connectivity index is 0.000000735. The summed E-state index contributed by atoms with van der Waals surface area (Å²) in [5.74, 6) is 3.23. The third-order valence-corrected chi connectivity index (χ3v) is 10.7. The summed E-state index contributed by atoms with van der Waals surface area (Å²) in [4.78, 5) is 10.4. The zero-order valence-electron chi connectivity index (χ0n) is 27.4. The van der Waals surface area contributed by atoms with E-state index in [-0.39, 0.29) is 65.8 Å². The predicted octanol–water partition coefficient (Wildman–Crippen LogP) is 6.00. The summed E-state index contributed by atoms with van der Waals surface area (Å²) in [6, 6.07) is 22.0. The Labute approximate surface area is 285 Å². The second kappa shape index (κ2) is 16.4. The van der Waals surface area contributed by atoms with Crippen molar-refractivity contribution in [2.45, 2.75) is 112 Å². The van der Waals surface area contributed by atoms with E-state index in [2.05, 4.69) is 112 Å². The minimum atomic E-state index is 0. The zero-order valence-corrected chi connectivity index (χ0v) is 28.4. The van der Waals surface area contributed by atoms with Crippen LogP contribution in [-0.4, -0.2) is 61.2 Å². The molecule has 8 rings (SSSR count). The number of fused-ring (bicyclic) bond motifs is 6. The smallest absolute Gasteiger partial charge is 1.00 e. The molecule has 6 aliphatic rings. The molecule has 3 radical (unpaired) electrons. The van der Waals surface area contributed by atoms with Gasteiger partial charge in [-0.1, -0.05) is 82.4 Å². The molecular weight excluding hydrogens is 520 g/mol. The van der Waals surface area contributed by atoms with E-state index >= 15 is 0 Å². The van der Waals surface area contributed by atoms with Crippen molar-refractivity contribution in [3.05, 3.63) is 71.8 Å². The van der Waals surface area contributed by atoms with Crippen LogP contribution in [0.4, 0.5) is 0 Å². The maximum atomic E-state index is 5.12. The predicted molar refractivity (Wildman–Crippen MR) is 182 cm³/mol. The molecule has 0 unspecified atom stereocenters. The van der Waals surface area contributed by atoms with E-state index in [0.717, 1.165) is 11.8 Å². The van der Waals surface area contributed by atoms with Crippen LogP contribution in [0, 0.1) is 17.8 Å². The average Bonchev–Trinajstić information content (AvgIpc) is 2.94. The molecule has 0 N–H and O–H groups in total. The molecule has 0 amide bonds. The van der Waals surface area contributed by atoms with Gasteiger partial charge in [0, 0.05) is 25.6 Å². The fraction of sp³-hybridized carbons (Fsp3) is 0.649. The molecule has 3 nitrogen and oxygen atoms in total. The molecule has 227 valence electrons. The van der Waals surface area contributed by atoms with Gasteiger partial charge >= 0.3 is 29.6 Å². The van der Waals surface area contributed by atoms with Crippen LogP contribution in [0.25, 0.3) is 0 Å². The Morgan fingerprint density at radius 1 is 0.762 bits per heavy atom. The fourth-order valence-corrected chi connectivity index (χ4v) is 8.12. The number of piperidine rings is 6. The monoisotopic (exact) mass is 580 g/mol. The van der Waals surface area contributed by atoms with Gasteiger partial charge in [-0.05, 0) is 122 Å². The van der Waals surface area contributed by atoms with Crippen molar-refractivity contribution < 1.29 is 31.0 Å². The van der Waals surface area contributed by atoms with Crippen molar-refractivity contribution in [3.63, 3.8) is 0 Å². The SMILES string of the molecule is C.C.C[C@@H](C[C@@H]1C2CCN(CC2)C1(C)C)c1ccccc1.C[C@@H](N=C1C2CCN(CC2)C1(C)C)c1ccccc1.[B].[H-].[Na+]. The van der Waals surface area contributed by atoms with E-state index in [1.807, 2.05) is 0 Å². The molecule has 6 fully saturated rings. The van der Waals surface area contributed by atoms with Crippen molar-refractivity contribution in [2.75, 3.05) is 26.2 Å². The summed E-state index contributed by atoms with van der Waals surface area (Å²) >= 11 is 0. The average molecular weight is 581 g/mol. The Kier molecular flexibility index (Phi) is 15.3. The van der Waals surface area contributed by atoms with Crippen LogP contribution in [0.3, 0.4) is 0 Å². The number of nitrogens with zero attached hydrogens (tertiary/aromatic N) is 3. The Hall–Kier alpha value is -0.905. The van der Waals surface area contributed by atoms with E-state index in [0.29, 0.717) is 17.4 Å². The molecule has 0 aromatic heterocycles. The summed E-state index contributed by atoms with van der Waals surface area (Å²) in [7, 11) is 0. The van der Waals surface area contributed by atoms with Crippen molar-refractivity contribution in [1.29, 1.82) is 0 Å². The first-order chi connectivity index (χ1) is 18.2. The Morgan fingerprint density at radius 3 is 1.71 bits per heavy atom. The van der Waals surface area contributed by atoms with Gasteiger partial charge in [-0.15, -0.1) is 0 Å². The molecule has 6 aliphatic heterocycles. The van der Waals surface area contributed by atoms with E-state index < -0.39 is 0 Å². The maximum absolute atomic E-state index is 5.12. The molecule has 2 aromatic carbocycles. The molecule has 6 saturated heterocycles. The summed E-state index contributed by atoms with van der Waals surface area (Å²) in [5.41, 5.74) is 4.83. The summed E-state index contributed by atoms with van der Waals surface area (Å²) in [6.07, 6.45) is 6.79. The van der Waals surface area contributed by atoms with Gasteiger partial charge in [0.15, 0.2) is 0 Å². The Morgan fingerprint density at radius 2 is 1.24 bits per heavy atom. The molecule has 0 saturated carbocycles. The number of hydrogen-bond acceptors (Lipinski definition) is 3. The van der Waals surface area contributed by atoms with Crippen molar-refractivity contribution in [3.8, 4) is 0 Å². The van der Waals surface area contributed by atoms with Gasteiger partial charge < -0.3 is 1.43 Å². The van der Waals surface area contributed by atoms with Gasteiger partial charge in [-0.2, -0.15) is 0 Å². The number of rotatable bonds is 5. The first-order valence-corrected chi connectivity index (χ1v) is 15.4. The van der Waals surface area contributed by atoms with E-state index in [9.17, 15) is 0 Å². The molecule has 3 atom stereocenters. The molecule has 2 aromatic rings. The van der Waals surface area contributed by atoms with E-state index in [1.54, 1.807) is 0 Å². The van der Waals surface area contributed by atoms with Crippen LogP contribution in [0.15, 0.2) is 65.7 Å². The summed E-state index contributed by atoms with van der Waals surface area (Å²) in [5, 5.41) is 0. The second-order valence-corrected chi connectivity index (χ2v) is 13.6. The van der Waals surface area contributed by atoms with Gasteiger partial charge in [0.05, 0.1) is 11.6 Å². The summed E-state index contributed by atoms with van der Waals surface area (Å²) in [6.45, 7) is 19.4. The van der Waals surface area contributed by atoms with Crippen LogP contribution in [0.1, 0.15) is 113 Å². The van der Waals surface area contributed by atoms with Crippen LogP contribution < -0.4 is 29.6 Å². The van der Waals surface area contributed by atoms with Gasteiger partial charge in [-0.3, -0.25) is 14.8 Å². The van der Waals surface area contributed by atoms with Crippen LogP contribution in [-0.2, 0) is 0 Å². The van der Waals surface area contributed by atoms with Crippen LogP contribution in [0.2, 0.25) is 0 Å². The molecule has 4 bridgehead atoms. The molecule has 6 heterocycles. The maximum Gasteiger partial charge on any atom is 1.00 e. The minimum absolute atomic E-state index is 0. The second-order valence-electron chi connectivity index (χ2n) is 13.6. The van der Waals surface area contributed by atoms with Gasteiger partial charge in [0.2, 0.25) is 0 Å². The van der Waals surface area contributed by atoms with Crippen molar-refractivity contribution >= 4 is 14.1 Å². The first-order valence-electron chi connectivity index (χ1n) is 15.4. The normalized spacial score (nSPS) is 30.1. The van der Waals surface area contributed by atoms with Gasteiger partial charge in [0.1, 0.15) is 0 Å². The summed E-state index contributed by atoms with van der Waals surface area (Å²) < 4.78 is 0. The molecule has 5 heteroatoms. The zero-order chi connectivity index (χ0) is 26.9. The van der Waals surface area contributed by atoms with E-state index in [4.69, 9.17) is 4.99 Å². The number of aliphatic imine (C=N–C) groups is 1. The largest absolute Gasteiger partial charge is 1.00 e. The standard InChI is InChI=1S/C18H27N.C17H24N2.2CH4.B.Na.H/c1-14(15-7-5-4-6-8-15)13-17-16-9-11-19(12-10-16)18(17,2)3;1-13(14-7-5-4-6-8-14)18-16-15-9-11-19(12-10-15)17(16,2)3;;;;;/h4-8,14,16-17H,9-13H2,1-3H3;4-8,13,15H,9-12H2,1-3H3;2*1H4;;;/q;;;;;+1;-1/t14-,17+;13-;;;;;/m01...../s1. The molecule has 42 heavy (non-hydrogen) atoms. The quantitative estimate of drug-likeness (QED) is 0.404. The van der Waals surface area contributed by atoms with Crippen molar-refractivity contribution in [2.24, 2.45) is 22.7 Å². The third kappa shape index (κ3) is 8.22. The fourth-order valence-electron chi connectivity index (χ4n) is 8.12. The Bertz CT molecular complexity index is 1080.